The Labute approximate surface area is 92.9 Å². The van der Waals surface area contributed by atoms with Crippen molar-refractivity contribution in [1.29, 1.82) is 0 Å². The summed E-state index contributed by atoms with van der Waals surface area (Å²) in [5.74, 6) is 0.734. The van der Waals surface area contributed by atoms with Crippen LogP contribution in [0.2, 0.25) is 0 Å². The highest BCUT2D eigenvalue weighted by atomic mass is 127. The van der Waals surface area contributed by atoms with Crippen molar-refractivity contribution in [3.63, 3.8) is 0 Å². The average Bonchev–Trinajstić information content (AvgIpc) is 2.01. The molecule has 0 bridgehead atoms. The van der Waals surface area contributed by atoms with Gasteiger partial charge in [-0.2, -0.15) is 0 Å². The van der Waals surface area contributed by atoms with E-state index in [1.165, 1.54) is 28.4 Å². The lowest BCUT2D eigenvalue weighted by Gasteiger charge is -2.31. The molecule has 13 heavy (non-hydrogen) atoms. The molecule has 0 saturated heterocycles. The van der Waals surface area contributed by atoms with Crippen LogP contribution in [-0.2, 0) is 0 Å². The maximum Gasteiger partial charge on any atom is 0.0323 e. The average molecular weight is 287 g/mol. The zero-order chi connectivity index (χ0) is 9.26. The van der Waals surface area contributed by atoms with Gasteiger partial charge in [0.1, 0.15) is 0 Å². The molecule has 1 fully saturated rings. The van der Waals surface area contributed by atoms with Crippen LogP contribution in [0.1, 0.15) is 30.9 Å². The highest BCUT2D eigenvalue weighted by Crippen LogP contribution is 2.36. The summed E-state index contributed by atoms with van der Waals surface area (Å²) in [6, 6.07) is 8.81. The third-order valence-corrected chi connectivity index (χ3v) is 3.56. The van der Waals surface area contributed by atoms with E-state index in [2.05, 4.69) is 46.9 Å². The van der Waals surface area contributed by atoms with E-state index in [-0.39, 0.29) is 6.04 Å². The second-order valence-corrected chi connectivity index (χ2v) is 5.02. The van der Waals surface area contributed by atoms with Crippen LogP contribution in [0.4, 0.5) is 0 Å². The summed E-state index contributed by atoms with van der Waals surface area (Å²) >= 11 is 2.34. The summed E-state index contributed by atoms with van der Waals surface area (Å²) in [4.78, 5) is 0. The Morgan fingerprint density at radius 3 is 2.69 bits per heavy atom. The summed E-state index contributed by atoms with van der Waals surface area (Å²) in [6.07, 6.45) is 3.99. The number of halogens is 1. The largest absolute Gasteiger partial charge is 0.324 e. The van der Waals surface area contributed by atoms with Gasteiger partial charge < -0.3 is 5.73 Å². The van der Waals surface area contributed by atoms with Crippen LogP contribution in [0, 0.1) is 9.49 Å². The molecule has 0 radical (unpaired) electrons. The molecule has 0 unspecified atom stereocenters. The van der Waals surface area contributed by atoms with E-state index in [4.69, 9.17) is 5.73 Å². The quantitative estimate of drug-likeness (QED) is 0.831. The topological polar surface area (TPSA) is 26.0 Å². The van der Waals surface area contributed by atoms with Crippen molar-refractivity contribution in [2.75, 3.05) is 0 Å². The molecule has 1 aromatic rings. The Morgan fingerprint density at radius 1 is 1.38 bits per heavy atom. The van der Waals surface area contributed by atoms with Crippen LogP contribution in [0.3, 0.4) is 0 Å². The fourth-order valence-corrected chi connectivity index (χ4v) is 2.35. The van der Waals surface area contributed by atoms with Crippen LogP contribution in [0.5, 0.6) is 0 Å². The van der Waals surface area contributed by atoms with Gasteiger partial charge in [0.05, 0.1) is 0 Å². The van der Waals surface area contributed by atoms with Gasteiger partial charge in [0.25, 0.3) is 0 Å². The number of hydrogen-bond donors (Lipinski definition) is 1. The van der Waals surface area contributed by atoms with Crippen LogP contribution >= 0.6 is 22.6 Å². The van der Waals surface area contributed by atoms with Crippen LogP contribution in [0.25, 0.3) is 0 Å². The molecule has 0 amide bonds. The van der Waals surface area contributed by atoms with Crippen molar-refractivity contribution in [3.8, 4) is 0 Å². The van der Waals surface area contributed by atoms with Crippen LogP contribution in [-0.4, -0.2) is 0 Å². The zero-order valence-corrected chi connectivity index (χ0v) is 9.70. The van der Waals surface area contributed by atoms with Crippen molar-refractivity contribution < 1.29 is 0 Å². The number of rotatable bonds is 2. The molecular formula is C11H14IN. The van der Waals surface area contributed by atoms with Gasteiger partial charge in [0.15, 0.2) is 0 Å². The number of hydrogen-bond acceptors (Lipinski definition) is 1. The minimum atomic E-state index is 0.267. The van der Waals surface area contributed by atoms with E-state index < -0.39 is 0 Å². The van der Waals surface area contributed by atoms with E-state index in [0.29, 0.717) is 0 Å². The predicted octanol–water partition coefficient (Wildman–Crippen LogP) is 3.09. The van der Waals surface area contributed by atoms with Crippen molar-refractivity contribution in [2.24, 2.45) is 11.7 Å². The first-order valence-electron chi connectivity index (χ1n) is 4.78. The molecule has 1 atom stereocenters. The molecule has 2 rings (SSSR count). The molecule has 70 valence electrons. The first-order chi connectivity index (χ1) is 6.27. The fraction of sp³-hybridized carbons (Fsp3) is 0.455. The molecule has 0 aromatic heterocycles. The maximum absolute atomic E-state index is 6.17. The molecule has 1 aliphatic carbocycles. The van der Waals surface area contributed by atoms with E-state index in [1.807, 2.05) is 0 Å². The molecule has 1 saturated carbocycles. The highest BCUT2D eigenvalue weighted by molar-refractivity contribution is 14.1. The van der Waals surface area contributed by atoms with Gasteiger partial charge in [-0.15, -0.1) is 0 Å². The minimum Gasteiger partial charge on any atom is -0.324 e. The molecule has 2 N–H and O–H groups in total. The van der Waals surface area contributed by atoms with Crippen molar-refractivity contribution in [1.82, 2.24) is 0 Å². The lowest BCUT2D eigenvalue weighted by Crippen LogP contribution is -2.26. The molecule has 0 spiro atoms. The first-order valence-corrected chi connectivity index (χ1v) is 5.86. The van der Waals surface area contributed by atoms with Crippen LogP contribution in [0.15, 0.2) is 24.3 Å². The number of benzene rings is 1. The first kappa shape index (κ1) is 9.46. The molecule has 1 aromatic carbocycles. The Morgan fingerprint density at radius 2 is 2.15 bits per heavy atom. The second-order valence-electron chi connectivity index (χ2n) is 3.77. The third kappa shape index (κ3) is 2.05. The molecule has 0 aliphatic heterocycles. The Kier molecular flexibility index (Phi) is 2.89. The van der Waals surface area contributed by atoms with Gasteiger partial charge in [-0.05, 0) is 59.0 Å². The molecule has 1 nitrogen and oxygen atoms in total. The van der Waals surface area contributed by atoms with Crippen molar-refractivity contribution in [3.05, 3.63) is 33.4 Å². The summed E-state index contributed by atoms with van der Waals surface area (Å²) in [7, 11) is 0. The molecular weight excluding hydrogens is 273 g/mol. The molecule has 1 aliphatic rings. The van der Waals surface area contributed by atoms with Gasteiger partial charge in [-0.25, -0.2) is 0 Å². The normalized spacial score (nSPS) is 19.5. The Bertz CT molecular complexity index is 294. The van der Waals surface area contributed by atoms with Crippen LogP contribution < -0.4 is 5.73 Å². The summed E-state index contributed by atoms with van der Waals surface area (Å²) in [6.45, 7) is 0. The van der Waals surface area contributed by atoms with E-state index in [0.717, 1.165) is 5.92 Å². The third-order valence-electron chi connectivity index (χ3n) is 2.89. The number of nitrogens with two attached hydrogens (primary N) is 1. The predicted molar refractivity (Wildman–Crippen MR) is 63.4 cm³/mol. The molecule has 2 heteroatoms. The van der Waals surface area contributed by atoms with E-state index in [1.54, 1.807) is 0 Å². The smallest absolute Gasteiger partial charge is 0.0323 e. The minimum absolute atomic E-state index is 0.267. The van der Waals surface area contributed by atoms with Gasteiger partial charge in [-0.3, -0.25) is 0 Å². The van der Waals surface area contributed by atoms with Gasteiger partial charge >= 0.3 is 0 Å². The SMILES string of the molecule is N[C@@H](c1cccc(I)c1)C1CCC1. The monoisotopic (exact) mass is 287 g/mol. The summed E-state index contributed by atoms with van der Waals surface area (Å²) < 4.78 is 1.28. The lowest BCUT2D eigenvalue weighted by atomic mass is 9.78. The zero-order valence-electron chi connectivity index (χ0n) is 7.54. The maximum atomic E-state index is 6.17. The van der Waals surface area contributed by atoms with E-state index >= 15 is 0 Å². The Hall–Kier alpha value is -0.0900. The van der Waals surface area contributed by atoms with Gasteiger partial charge in [0.2, 0.25) is 0 Å². The molecule has 0 heterocycles. The summed E-state index contributed by atoms with van der Waals surface area (Å²) in [5.41, 5.74) is 7.47. The standard InChI is InChI=1S/C11H14IN/c12-10-6-2-5-9(7-10)11(13)8-3-1-4-8/h2,5-8,11H,1,3-4,13H2/t11-/m1/s1. The van der Waals surface area contributed by atoms with E-state index in [9.17, 15) is 0 Å². The van der Waals surface area contributed by atoms with Gasteiger partial charge in [-0.1, -0.05) is 18.6 Å². The second kappa shape index (κ2) is 3.96. The fourth-order valence-electron chi connectivity index (χ4n) is 1.79. The van der Waals surface area contributed by atoms with Crippen molar-refractivity contribution in [2.45, 2.75) is 25.3 Å². The Balaban J connectivity index is 2.14. The summed E-state index contributed by atoms with van der Waals surface area (Å²) in [5, 5.41) is 0. The van der Waals surface area contributed by atoms with Crippen molar-refractivity contribution >= 4 is 22.6 Å². The highest BCUT2D eigenvalue weighted by Gasteiger charge is 2.25. The lowest BCUT2D eigenvalue weighted by molar-refractivity contribution is 0.264. The van der Waals surface area contributed by atoms with Gasteiger partial charge in [0, 0.05) is 9.61 Å².